The van der Waals surface area contributed by atoms with Crippen LogP contribution in [0.15, 0.2) is 24.3 Å². The summed E-state index contributed by atoms with van der Waals surface area (Å²) < 4.78 is 0. The molecule has 0 aromatic heterocycles. The van der Waals surface area contributed by atoms with Crippen molar-refractivity contribution in [3.8, 4) is 0 Å². The zero-order valence-corrected chi connectivity index (χ0v) is 13.9. The molecule has 0 amide bonds. The second-order valence-corrected chi connectivity index (χ2v) is 5.45. The summed E-state index contributed by atoms with van der Waals surface area (Å²) in [5.41, 5.74) is 0. The van der Waals surface area contributed by atoms with E-state index in [9.17, 15) is 4.79 Å². The Balaban J connectivity index is 0. The monoisotopic (exact) mass is 297 g/mol. The number of allylic oxidation sites excluding steroid dienone is 3. The fraction of sp³-hybridized carbons (Fsp3) is 0.722. The molecule has 0 radical (unpaired) electrons. The van der Waals surface area contributed by atoms with Gasteiger partial charge in [0.15, 0.2) is 0 Å². The predicted molar refractivity (Wildman–Crippen MR) is 92.0 cm³/mol. The number of carbonyl (C=O) groups is 1. The standard InChI is InChI=1S/C18H32O2.H3N/c1-2-3-4-5-6-7-8-9-10-11-12-13-14-15-16-17-18(19)20;/h14-17H,2-13H2,1H3,(H,19,20);1H3. The SMILES string of the molecule is CCCCCCCCCCCCCC=CC=CC(=O)O.N. The van der Waals surface area contributed by atoms with Gasteiger partial charge in [0.05, 0.1) is 0 Å². The van der Waals surface area contributed by atoms with Gasteiger partial charge in [-0.1, -0.05) is 89.4 Å². The normalized spacial score (nSPS) is 11.1. The maximum Gasteiger partial charge on any atom is 0.328 e. The van der Waals surface area contributed by atoms with Crippen molar-refractivity contribution in [2.75, 3.05) is 0 Å². The number of hydrogen-bond acceptors (Lipinski definition) is 2. The molecule has 0 aromatic rings. The highest BCUT2D eigenvalue weighted by Crippen LogP contribution is 2.11. The van der Waals surface area contributed by atoms with E-state index in [1.807, 2.05) is 12.2 Å². The van der Waals surface area contributed by atoms with Gasteiger partial charge in [-0.05, 0) is 12.8 Å². The van der Waals surface area contributed by atoms with E-state index in [1.54, 1.807) is 6.08 Å². The van der Waals surface area contributed by atoms with Crippen LogP contribution in [0.3, 0.4) is 0 Å². The lowest BCUT2D eigenvalue weighted by molar-refractivity contribution is -0.131. The van der Waals surface area contributed by atoms with Crippen molar-refractivity contribution in [3.05, 3.63) is 24.3 Å². The molecule has 0 spiro atoms. The zero-order chi connectivity index (χ0) is 14.9. The summed E-state index contributed by atoms with van der Waals surface area (Å²) in [5, 5.41) is 8.40. The zero-order valence-electron chi connectivity index (χ0n) is 13.9. The quantitative estimate of drug-likeness (QED) is 0.233. The molecule has 124 valence electrons. The van der Waals surface area contributed by atoms with Crippen molar-refractivity contribution in [1.29, 1.82) is 0 Å². The van der Waals surface area contributed by atoms with E-state index < -0.39 is 5.97 Å². The maximum atomic E-state index is 10.2. The lowest BCUT2D eigenvalue weighted by atomic mass is 10.1. The second kappa shape index (κ2) is 18.9. The van der Waals surface area contributed by atoms with Gasteiger partial charge in [0.1, 0.15) is 0 Å². The molecule has 0 fully saturated rings. The van der Waals surface area contributed by atoms with Gasteiger partial charge in [0, 0.05) is 6.08 Å². The van der Waals surface area contributed by atoms with E-state index in [4.69, 9.17) is 5.11 Å². The van der Waals surface area contributed by atoms with Gasteiger partial charge in [-0.25, -0.2) is 4.79 Å². The summed E-state index contributed by atoms with van der Waals surface area (Å²) in [6.07, 6.45) is 22.7. The average Bonchev–Trinajstić information content (AvgIpc) is 2.43. The average molecular weight is 297 g/mol. The molecule has 0 atom stereocenters. The van der Waals surface area contributed by atoms with E-state index in [2.05, 4.69) is 6.92 Å². The topological polar surface area (TPSA) is 72.3 Å². The van der Waals surface area contributed by atoms with Crippen LogP contribution in [0.25, 0.3) is 0 Å². The van der Waals surface area contributed by atoms with Crippen LogP contribution < -0.4 is 6.15 Å². The molecule has 0 aliphatic heterocycles. The van der Waals surface area contributed by atoms with Crippen LogP contribution >= 0.6 is 0 Å². The Hall–Kier alpha value is -1.09. The van der Waals surface area contributed by atoms with Gasteiger partial charge >= 0.3 is 5.97 Å². The highest BCUT2D eigenvalue weighted by Gasteiger charge is 1.92. The number of unbranched alkanes of at least 4 members (excludes halogenated alkanes) is 11. The smallest absolute Gasteiger partial charge is 0.328 e. The molecule has 0 unspecified atom stereocenters. The van der Waals surface area contributed by atoms with Crippen molar-refractivity contribution >= 4 is 5.97 Å². The molecule has 0 saturated heterocycles. The molecule has 0 bridgehead atoms. The van der Waals surface area contributed by atoms with Gasteiger partial charge < -0.3 is 11.3 Å². The number of carboxylic acids is 1. The molecular weight excluding hydrogens is 262 g/mol. The molecule has 0 saturated carbocycles. The minimum atomic E-state index is -0.885. The molecule has 0 aliphatic rings. The highest BCUT2D eigenvalue weighted by molar-refractivity contribution is 5.80. The molecule has 0 aromatic carbocycles. The first kappa shape index (κ1) is 22.2. The summed E-state index contributed by atoms with van der Waals surface area (Å²) in [7, 11) is 0. The molecule has 3 heteroatoms. The van der Waals surface area contributed by atoms with Gasteiger partial charge in [-0.3, -0.25) is 0 Å². The van der Waals surface area contributed by atoms with E-state index in [0.29, 0.717) is 0 Å². The van der Waals surface area contributed by atoms with Gasteiger partial charge in [-0.2, -0.15) is 0 Å². The Morgan fingerprint density at radius 2 is 1.29 bits per heavy atom. The fourth-order valence-corrected chi connectivity index (χ4v) is 2.24. The third-order valence-electron chi connectivity index (χ3n) is 3.46. The van der Waals surface area contributed by atoms with Crippen molar-refractivity contribution in [2.45, 2.75) is 84.0 Å². The molecule has 21 heavy (non-hydrogen) atoms. The van der Waals surface area contributed by atoms with E-state index in [-0.39, 0.29) is 6.15 Å². The van der Waals surface area contributed by atoms with Crippen LogP contribution in [0.1, 0.15) is 84.0 Å². The Labute approximate surface area is 131 Å². The highest BCUT2D eigenvalue weighted by atomic mass is 16.4. The minimum Gasteiger partial charge on any atom is -0.478 e. The van der Waals surface area contributed by atoms with E-state index in [1.165, 1.54) is 70.6 Å². The largest absolute Gasteiger partial charge is 0.478 e. The summed E-state index contributed by atoms with van der Waals surface area (Å²) in [5.74, 6) is -0.885. The van der Waals surface area contributed by atoms with E-state index >= 15 is 0 Å². The first-order chi connectivity index (χ1) is 9.77. The molecular formula is C18H35NO2. The molecule has 0 rings (SSSR count). The first-order valence-electron chi connectivity index (χ1n) is 8.33. The third kappa shape index (κ3) is 21.4. The molecule has 4 N–H and O–H groups in total. The van der Waals surface area contributed by atoms with Crippen molar-refractivity contribution in [1.82, 2.24) is 6.15 Å². The summed E-state index contributed by atoms with van der Waals surface area (Å²) >= 11 is 0. The van der Waals surface area contributed by atoms with Gasteiger partial charge in [0.25, 0.3) is 0 Å². The van der Waals surface area contributed by atoms with Crippen molar-refractivity contribution < 1.29 is 9.90 Å². The van der Waals surface area contributed by atoms with Crippen LogP contribution in [-0.2, 0) is 4.79 Å². The Morgan fingerprint density at radius 1 is 0.810 bits per heavy atom. The lowest BCUT2D eigenvalue weighted by Crippen LogP contribution is -1.84. The number of carboxylic acid groups (broad SMARTS) is 1. The van der Waals surface area contributed by atoms with Crippen molar-refractivity contribution in [3.63, 3.8) is 0 Å². The summed E-state index contributed by atoms with van der Waals surface area (Å²) in [4.78, 5) is 10.2. The minimum absolute atomic E-state index is 0. The number of rotatable bonds is 14. The van der Waals surface area contributed by atoms with Crippen LogP contribution in [0.5, 0.6) is 0 Å². The van der Waals surface area contributed by atoms with E-state index in [0.717, 1.165) is 12.5 Å². The number of hydrogen-bond donors (Lipinski definition) is 2. The fourth-order valence-electron chi connectivity index (χ4n) is 2.24. The third-order valence-corrected chi connectivity index (χ3v) is 3.46. The molecule has 3 nitrogen and oxygen atoms in total. The molecule has 0 aliphatic carbocycles. The predicted octanol–water partition coefficient (Wildman–Crippen LogP) is 6.05. The molecule has 0 heterocycles. The van der Waals surface area contributed by atoms with Crippen molar-refractivity contribution in [2.24, 2.45) is 0 Å². The lowest BCUT2D eigenvalue weighted by Gasteiger charge is -2.01. The Morgan fingerprint density at radius 3 is 1.76 bits per heavy atom. The van der Waals surface area contributed by atoms with Crippen LogP contribution in [0, 0.1) is 0 Å². The second-order valence-electron chi connectivity index (χ2n) is 5.45. The summed E-state index contributed by atoms with van der Waals surface area (Å²) in [6.45, 7) is 2.26. The van der Waals surface area contributed by atoms with Gasteiger partial charge in [-0.15, -0.1) is 0 Å². The van der Waals surface area contributed by atoms with Crippen LogP contribution in [-0.4, -0.2) is 11.1 Å². The van der Waals surface area contributed by atoms with Crippen LogP contribution in [0.2, 0.25) is 0 Å². The van der Waals surface area contributed by atoms with Gasteiger partial charge in [0.2, 0.25) is 0 Å². The Bertz CT molecular complexity index is 272. The maximum absolute atomic E-state index is 10.2. The van der Waals surface area contributed by atoms with Crippen LogP contribution in [0.4, 0.5) is 0 Å². The summed E-state index contributed by atoms with van der Waals surface area (Å²) in [6, 6.07) is 0. The number of aliphatic carboxylic acids is 1. The Kier molecular flexibility index (Phi) is 20.0. The first-order valence-corrected chi connectivity index (χ1v) is 8.33.